The summed E-state index contributed by atoms with van der Waals surface area (Å²) in [6, 6.07) is 12.7. The Morgan fingerprint density at radius 1 is 1.11 bits per heavy atom. The van der Waals surface area contributed by atoms with Crippen LogP contribution in [-0.4, -0.2) is 21.9 Å². The first-order valence-electron chi connectivity index (χ1n) is 7.77. The fraction of sp³-hybridized carbons (Fsp3) is 0.118. The van der Waals surface area contributed by atoms with Crippen LogP contribution in [0.5, 0.6) is 0 Å². The Labute approximate surface area is 171 Å². The highest BCUT2D eigenvalue weighted by atomic mass is 35.5. The van der Waals surface area contributed by atoms with Gasteiger partial charge in [-0.05, 0) is 24.3 Å². The standard InChI is InChI=1S/C17H12ClF3N4OS2/c18-12-8-4-7-11(17(19,20)21)14(12)23-13(26)9-27-16-25-24-15(28-16)22-10-5-2-1-3-6-10/h1-8H,9H2,(H,22,24)(H,23,26). The van der Waals surface area contributed by atoms with Crippen LogP contribution in [0.15, 0.2) is 52.9 Å². The molecule has 0 radical (unpaired) electrons. The third-order valence-electron chi connectivity index (χ3n) is 3.34. The first-order chi connectivity index (χ1) is 13.3. The molecule has 0 spiro atoms. The van der Waals surface area contributed by atoms with Crippen LogP contribution < -0.4 is 10.6 Å². The highest BCUT2D eigenvalue weighted by Gasteiger charge is 2.34. The molecule has 2 N–H and O–H groups in total. The van der Waals surface area contributed by atoms with Crippen LogP contribution in [0.3, 0.4) is 0 Å². The number of alkyl halides is 3. The second kappa shape index (κ2) is 8.80. The second-order valence-electron chi connectivity index (χ2n) is 5.36. The van der Waals surface area contributed by atoms with E-state index in [4.69, 9.17) is 11.6 Å². The normalized spacial score (nSPS) is 11.3. The Morgan fingerprint density at radius 2 is 1.86 bits per heavy atom. The van der Waals surface area contributed by atoms with Crippen LogP contribution in [0.1, 0.15) is 5.56 Å². The van der Waals surface area contributed by atoms with E-state index in [2.05, 4.69) is 20.8 Å². The SMILES string of the molecule is O=C(CSc1nnc(Nc2ccccc2)s1)Nc1c(Cl)cccc1C(F)(F)F. The predicted molar refractivity (Wildman–Crippen MR) is 105 cm³/mol. The minimum atomic E-state index is -4.63. The lowest BCUT2D eigenvalue weighted by molar-refractivity contribution is -0.137. The number of carbonyl (C=O) groups excluding carboxylic acids is 1. The van der Waals surface area contributed by atoms with Crippen molar-refractivity contribution in [2.45, 2.75) is 10.5 Å². The molecule has 0 saturated heterocycles. The first kappa shape index (κ1) is 20.4. The lowest BCUT2D eigenvalue weighted by Gasteiger charge is -2.14. The maximum absolute atomic E-state index is 13.1. The minimum Gasteiger partial charge on any atom is -0.330 e. The van der Waals surface area contributed by atoms with Crippen LogP contribution in [0.2, 0.25) is 5.02 Å². The third-order valence-corrected chi connectivity index (χ3v) is 5.63. The Balaban J connectivity index is 1.60. The van der Waals surface area contributed by atoms with Crippen molar-refractivity contribution in [1.29, 1.82) is 0 Å². The molecule has 0 aliphatic heterocycles. The van der Waals surface area contributed by atoms with E-state index in [-0.39, 0.29) is 10.8 Å². The van der Waals surface area contributed by atoms with E-state index in [1.807, 2.05) is 30.3 Å². The fourth-order valence-electron chi connectivity index (χ4n) is 2.15. The van der Waals surface area contributed by atoms with Crippen molar-refractivity contribution >= 4 is 57.1 Å². The van der Waals surface area contributed by atoms with Crippen molar-refractivity contribution in [2.75, 3.05) is 16.4 Å². The molecule has 2 aromatic carbocycles. The molecular formula is C17H12ClF3N4OS2. The molecule has 1 amide bonds. The molecule has 5 nitrogen and oxygen atoms in total. The van der Waals surface area contributed by atoms with Crippen molar-refractivity contribution in [1.82, 2.24) is 10.2 Å². The van der Waals surface area contributed by atoms with Gasteiger partial charge in [-0.25, -0.2) is 0 Å². The molecule has 3 aromatic rings. The average Bonchev–Trinajstić information content (AvgIpc) is 3.09. The van der Waals surface area contributed by atoms with Crippen molar-refractivity contribution in [2.24, 2.45) is 0 Å². The summed E-state index contributed by atoms with van der Waals surface area (Å²) in [5.74, 6) is -0.765. The highest BCUT2D eigenvalue weighted by Crippen LogP contribution is 2.38. The number of anilines is 3. The highest BCUT2D eigenvalue weighted by molar-refractivity contribution is 8.01. The number of benzene rings is 2. The molecule has 1 heterocycles. The largest absolute Gasteiger partial charge is 0.418 e. The molecule has 1 aromatic heterocycles. The van der Waals surface area contributed by atoms with E-state index in [1.54, 1.807) is 0 Å². The number of amides is 1. The lowest BCUT2D eigenvalue weighted by Crippen LogP contribution is -2.18. The molecule has 0 aliphatic carbocycles. The van der Waals surface area contributed by atoms with Gasteiger partial charge < -0.3 is 10.6 Å². The Kier molecular flexibility index (Phi) is 6.42. The summed E-state index contributed by atoms with van der Waals surface area (Å²) in [4.78, 5) is 12.1. The van der Waals surface area contributed by atoms with Gasteiger partial charge in [0.25, 0.3) is 0 Å². The molecule has 28 heavy (non-hydrogen) atoms. The first-order valence-corrected chi connectivity index (χ1v) is 9.95. The number of halogens is 4. The van der Waals surface area contributed by atoms with Crippen LogP contribution in [0, 0.1) is 0 Å². The van der Waals surface area contributed by atoms with E-state index in [1.165, 1.54) is 23.5 Å². The topological polar surface area (TPSA) is 66.9 Å². The van der Waals surface area contributed by atoms with E-state index in [0.29, 0.717) is 9.47 Å². The summed E-state index contributed by atoms with van der Waals surface area (Å²) < 4.78 is 39.7. The maximum atomic E-state index is 13.1. The van der Waals surface area contributed by atoms with Crippen molar-refractivity contribution in [3.63, 3.8) is 0 Å². The number of nitrogens with zero attached hydrogens (tertiary/aromatic N) is 2. The number of hydrogen-bond acceptors (Lipinski definition) is 6. The van der Waals surface area contributed by atoms with Crippen molar-refractivity contribution < 1.29 is 18.0 Å². The van der Waals surface area contributed by atoms with Gasteiger partial charge in [0, 0.05) is 5.69 Å². The maximum Gasteiger partial charge on any atom is 0.418 e. The van der Waals surface area contributed by atoms with Crippen LogP contribution in [-0.2, 0) is 11.0 Å². The predicted octanol–water partition coefficient (Wildman–Crippen LogP) is 5.68. The number of carbonyl (C=O) groups is 1. The molecule has 0 atom stereocenters. The van der Waals surface area contributed by atoms with Gasteiger partial charge in [-0.3, -0.25) is 4.79 Å². The smallest absolute Gasteiger partial charge is 0.330 e. The minimum absolute atomic E-state index is 0.136. The summed E-state index contributed by atoms with van der Waals surface area (Å²) in [5.41, 5.74) is -0.610. The Hall–Kier alpha value is -2.30. The molecule has 146 valence electrons. The lowest BCUT2D eigenvalue weighted by atomic mass is 10.1. The van der Waals surface area contributed by atoms with E-state index < -0.39 is 23.3 Å². The summed E-state index contributed by atoms with van der Waals surface area (Å²) in [5, 5.41) is 13.6. The zero-order valence-corrected chi connectivity index (χ0v) is 16.3. The monoisotopic (exact) mass is 444 g/mol. The van der Waals surface area contributed by atoms with Crippen molar-refractivity contribution in [3.05, 3.63) is 59.1 Å². The number of para-hydroxylation sites is 2. The summed E-state index contributed by atoms with van der Waals surface area (Å²) in [7, 11) is 0. The average molecular weight is 445 g/mol. The van der Waals surface area contributed by atoms with E-state index in [0.717, 1.165) is 23.5 Å². The van der Waals surface area contributed by atoms with Gasteiger partial charge in [-0.2, -0.15) is 13.2 Å². The van der Waals surface area contributed by atoms with Gasteiger partial charge in [0.1, 0.15) is 0 Å². The van der Waals surface area contributed by atoms with Gasteiger partial charge in [-0.1, -0.05) is 59.0 Å². The summed E-state index contributed by atoms with van der Waals surface area (Å²) in [6.07, 6.45) is -4.63. The molecule has 0 aliphatic rings. The number of aromatic nitrogens is 2. The van der Waals surface area contributed by atoms with Gasteiger partial charge >= 0.3 is 6.18 Å². The third kappa shape index (κ3) is 5.37. The zero-order valence-electron chi connectivity index (χ0n) is 14.0. The summed E-state index contributed by atoms with van der Waals surface area (Å²) in [6.45, 7) is 0. The van der Waals surface area contributed by atoms with Crippen LogP contribution >= 0.6 is 34.7 Å². The number of nitrogens with one attached hydrogen (secondary N) is 2. The van der Waals surface area contributed by atoms with Crippen LogP contribution in [0.4, 0.5) is 29.7 Å². The quantitative estimate of drug-likeness (QED) is 0.478. The molecule has 3 rings (SSSR count). The van der Waals surface area contributed by atoms with Gasteiger partial charge in [0.2, 0.25) is 11.0 Å². The number of hydrogen-bond donors (Lipinski definition) is 2. The van der Waals surface area contributed by atoms with Crippen LogP contribution in [0.25, 0.3) is 0 Å². The van der Waals surface area contributed by atoms with Gasteiger partial charge in [-0.15, -0.1) is 10.2 Å². The second-order valence-corrected chi connectivity index (χ2v) is 7.97. The molecule has 0 fully saturated rings. The Morgan fingerprint density at radius 3 is 2.57 bits per heavy atom. The molecule has 0 bridgehead atoms. The zero-order chi connectivity index (χ0) is 20.1. The summed E-state index contributed by atoms with van der Waals surface area (Å²) >= 11 is 8.12. The van der Waals surface area contributed by atoms with Gasteiger partial charge in [0.05, 0.1) is 22.0 Å². The van der Waals surface area contributed by atoms with Crippen molar-refractivity contribution in [3.8, 4) is 0 Å². The molecule has 11 heteroatoms. The van der Waals surface area contributed by atoms with Gasteiger partial charge in [0.15, 0.2) is 4.34 Å². The number of rotatable bonds is 6. The fourth-order valence-corrected chi connectivity index (χ4v) is 3.95. The van der Waals surface area contributed by atoms with E-state index in [9.17, 15) is 18.0 Å². The molecule has 0 saturated carbocycles. The molecule has 0 unspecified atom stereocenters. The van der Waals surface area contributed by atoms with E-state index >= 15 is 0 Å². The number of thioether (sulfide) groups is 1. The molecular weight excluding hydrogens is 433 g/mol. The Bertz CT molecular complexity index is 967.